The van der Waals surface area contributed by atoms with E-state index in [1.165, 1.54) is 42.5 Å². The normalized spacial score (nSPS) is 16.8. The van der Waals surface area contributed by atoms with Crippen molar-refractivity contribution in [2.75, 3.05) is 5.32 Å². The molecule has 1 heterocycles. The Morgan fingerprint density at radius 1 is 1.19 bits per heavy atom. The second kappa shape index (κ2) is 7.39. The van der Waals surface area contributed by atoms with Crippen LogP contribution in [0.3, 0.4) is 0 Å². The minimum Gasteiger partial charge on any atom is -0.351 e. The third kappa shape index (κ3) is 3.68. The Kier molecular flexibility index (Phi) is 5.20. The number of rotatable bonds is 3. The van der Waals surface area contributed by atoms with E-state index in [0.29, 0.717) is 11.4 Å². The van der Waals surface area contributed by atoms with Crippen LogP contribution in [-0.2, 0) is 4.79 Å². The maximum atomic E-state index is 14.4. The zero-order valence-corrected chi connectivity index (χ0v) is 15.1. The highest BCUT2D eigenvalue weighted by Crippen LogP contribution is 2.34. The Morgan fingerprint density at radius 3 is 2.54 bits per heavy atom. The summed E-state index contributed by atoms with van der Waals surface area (Å²) in [5.74, 6) is -1.46. The molecule has 0 aliphatic carbocycles. The number of nitrogens with one attached hydrogen (secondary N) is 3. The highest BCUT2D eigenvalue weighted by molar-refractivity contribution is 7.80. The summed E-state index contributed by atoms with van der Waals surface area (Å²) in [6.45, 7) is 1.66. The molecule has 3 rings (SSSR count). The number of hydrogen-bond donors (Lipinski definition) is 3. The molecule has 1 aliphatic rings. The number of amides is 1. The average molecular weight is 394 g/mol. The van der Waals surface area contributed by atoms with Crippen LogP contribution in [0.1, 0.15) is 18.5 Å². The van der Waals surface area contributed by atoms with Crippen LogP contribution in [0.5, 0.6) is 0 Å². The van der Waals surface area contributed by atoms with Gasteiger partial charge in [0.2, 0.25) is 0 Å². The molecule has 0 unspecified atom stereocenters. The van der Waals surface area contributed by atoms with Gasteiger partial charge in [0.25, 0.3) is 5.91 Å². The van der Waals surface area contributed by atoms with Crippen LogP contribution in [0.2, 0.25) is 5.02 Å². The Balaban J connectivity index is 2.00. The quantitative estimate of drug-likeness (QED) is 0.689. The van der Waals surface area contributed by atoms with E-state index < -0.39 is 23.6 Å². The van der Waals surface area contributed by atoms with Crippen LogP contribution in [0.4, 0.5) is 14.5 Å². The summed E-state index contributed by atoms with van der Waals surface area (Å²) in [4.78, 5) is 12.8. The lowest BCUT2D eigenvalue weighted by Gasteiger charge is -2.31. The van der Waals surface area contributed by atoms with Gasteiger partial charge in [-0.25, -0.2) is 8.78 Å². The molecule has 0 saturated carbocycles. The molecular weight excluding hydrogens is 380 g/mol. The number of anilines is 1. The largest absolute Gasteiger partial charge is 0.351 e. The monoisotopic (exact) mass is 393 g/mol. The van der Waals surface area contributed by atoms with Crippen molar-refractivity contribution in [2.24, 2.45) is 0 Å². The van der Waals surface area contributed by atoms with Gasteiger partial charge in [-0.05, 0) is 55.5 Å². The maximum Gasteiger partial charge on any atom is 0.255 e. The molecule has 0 bridgehead atoms. The standard InChI is InChI=1S/C18H14ClF2N3OS/c1-9-14(17(25)23-11-7-5-10(20)6-8-11)16(24-18(26)22-9)15-12(19)3-2-4-13(15)21/h2-8,16H,1H3,(H,23,25)(H2,22,24,26)/t16-/m0/s1. The summed E-state index contributed by atoms with van der Waals surface area (Å²) in [7, 11) is 0. The van der Waals surface area contributed by atoms with Crippen molar-refractivity contribution in [1.29, 1.82) is 0 Å². The van der Waals surface area contributed by atoms with Crippen LogP contribution in [0.15, 0.2) is 53.7 Å². The third-order valence-electron chi connectivity index (χ3n) is 3.90. The van der Waals surface area contributed by atoms with Crippen molar-refractivity contribution in [1.82, 2.24) is 10.6 Å². The van der Waals surface area contributed by atoms with Crippen LogP contribution in [0, 0.1) is 11.6 Å². The number of thiocarbonyl (C=S) groups is 1. The van der Waals surface area contributed by atoms with Crippen molar-refractivity contribution < 1.29 is 13.6 Å². The van der Waals surface area contributed by atoms with Gasteiger partial charge in [0.05, 0.1) is 11.6 Å². The van der Waals surface area contributed by atoms with E-state index in [1.54, 1.807) is 6.92 Å². The molecule has 2 aromatic rings. The first kappa shape index (κ1) is 18.3. The fraction of sp³-hybridized carbons (Fsp3) is 0.111. The molecular formula is C18H14ClF2N3OS. The van der Waals surface area contributed by atoms with Gasteiger partial charge in [-0.1, -0.05) is 17.7 Å². The van der Waals surface area contributed by atoms with Crippen LogP contribution in [-0.4, -0.2) is 11.0 Å². The topological polar surface area (TPSA) is 53.2 Å². The van der Waals surface area contributed by atoms with E-state index in [2.05, 4.69) is 16.0 Å². The van der Waals surface area contributed by atoms with Crippen molar-refractivity contribution in [3.05, 3.63) is 76.0 Å². The van der Waals surface area contributed by atoms with E-state index >= 15 is 0 Å². The van der Waals surface area contributed by atoms with Crippen LogP contribution < -0.4 is 16.0 Å². The smallest absolute Gasteiger partial charge is 0.255 e. The maximum absolute atomic E-state index is 14.4. The number of allylic oxidation sites excluding steroid dienone is 1. The molecule has 0 radical (unpaired) electrons. The fourth-order valence-electron chi connectivity index (χ4n) is 2.73. The number of benzene rings is 2. The Hall–Kier alpha value is -2.51. The molecule has 0 aromatic heterocycles. The van der Waals surface area contributed by atoms with Gasteiger partial charge < -0.3 is 16.0 Å². The first-order valence-electron chi connectivity index (χ1n) is 7.66. The van der Waals surface area contributed by atoms with Gasteiger partial charge in [0.15, 0.2) is 5.11 Å². The molecule has 1 atom stereocenters. The summed E-state index contributed by atoms with van der Waals surface area (Å²) >= 11 is 11.3. The molecule has 0 saturated heterocycles. The summed E-state index contributed by atoms with van der Waals surface area (Å²) in [5, 5.41) is 8.84. The highest BCUT2D eigenvalue weighted by atomic mass is 35.5. The van der Waals surface area contributed by atoms with Gasteiger partial charge >= 0.3 is 0 Å². The second-order valence-electron chi connectivity index (χ2n) is 5.67. The zero-order valence-electron chi connectivity index (χ0n) is 13.6. The second-order valence-corrected chi connectivity index (χ2v) is 6.48. The first-order chi connectivity index (χ1) is 12.4. The van der Waals surface area contributed by atoms with E-state index in [9.17, 15) is 13.6 Å². The lowest BCUT2D eigenvalue weighted by Crippen LogP contribution is -2.46. The highest BCUT2D eigenvalue weighted by Gasteiger charge is 2.33. The number of carbonyl (C=O) groups excluding carboxylic acids is 1. The van der Waals surface area contributed by atoms with Crippen molar-refractivity contribution in [3.63, 3.8) is 0 Å². The molecule has 8 heteroatoms. The van der Waals surface area contributed by atoms with E-state index in [1.807, 2.05) is 0 Å². The predicted molar refractivity (Wildman–Crippen MR) is 101 cm³/mol. The first-order valence-corrected chi connectivity index (χ1v) is 8.44. The summed E-state index contributed by atoms with van der Waals surface area (Å²) < 4.78 is 27.5. The Morgan fingerprint density at radius 2 is 1.88 bits per heavy atom. The van der Waals surface area contributed by atoms with Crippen LogP contribution >= 0.6 is 23.8 Å². The average Bonchev–Trinajstić information content (AvgIpc) is 2.56. The van der Waals surface area contributed by atoms with Crippen molar-refractivity contribution >= 4 is 40.5 Å². The van der Waals surface area contributed by atoms with Gasteiger partial charge in [0, 0.05) is 22.0 Å². The molecule has 3 N–H and O–H groups in total. The van der Waals surface area contributed by atoms with Gasteiger partial charge in [0.1, 0.15) is 11.6 Å². The predicted octanol–water partition coefficient (Wildman–Crippen LogP) is 4.05. The lowest BCUT2D eigenvalue weighted by atomic mass is 9.94. The number of carbonyl (C=O) groups is 1. The SMILES string of the molecule is CC1=C(C(=O)Nc2ccc(F)cc2)[C@@H](c2c(F)cccc2Cl)NC(=S)N1. The molecule has 2 aromatic carbocycles. The summed E-state index contributed by atoms with van der Waals surface area (Å²) in [6.07, 6.45) is 0. The molecule has 1 aliphatic heterocycles. The van der Waals surface area contributed by atoms with E-state index in [0.717, 1.165) is 0 Å². The van der Waals surface area contributed by atoms with Crippen molar-refractivity contribution in [3.8, 4) is 0 Å². The molecule has 0 fully saturated rings. The number of halogens is 3. The van der Waals surface area contributed by atoms with Gasteiger partial charge in [-0.2, -0.15) is 0 Å². The minimum atomic E-state index is -0.863. The van der Waals surface area contributed by atoms with Crippen molar-refractivity contribution in [2.45, 2.75) is 13.0 Å². The zero-order chi connectivity index (χ0) is 18.8. The van der Waals surface area contributed by atoms with Crippen LogP contribution in [0.25, 0.3) is 0 Å². The molecule has 0 spiro atoms. The Bertz CT molecular complexity index is 895. The summed E-state index contributed by atoms with van der Waals surface area (Å²) in [5.41, 5.74) is 1.23. The van der Waals surface area contributed by atoms with Gasteiger partial charge in [-0.15, -0.1) is 0 Å². The fourth-order valence-corrected chi connectivity index (χ4v) is 3.27. The van der Waals surface area contributed by atoms with E-state index in [-0.39, 0.29) is 21.3 Å². The molecule has 26 heavy (non-hydrogen) atoms. The third-order valence-corrected chi connectivity index (χ3v) is 4.45. The molecule has 4 nitrogen and oxygen atoms in total. The molecule has 134 valence electrons. The Labute approximate surface area is 159 Å². The number of hydrogen-bond acceptors (Lipinski definition) is 2. The van der Waals surface area contributed by atoms with E-state index in [4.69, 9.17) is 23.8 Å². The molecule has 1 amide bonds. The summed E-state index contributed by atoms with van der Waals surface area (Å²) in [6, 6.07) is 8.75. The minimum absolute atomic E-state index is 0.127. The lowest BCUT2D eigenvalue weighted by molar-refractivity contribution is -0.113. The van der Waals surface area contributed by atoms with Gasteiger partial charge in [-0.3, -0.25) is 4.79 Å².